The van der Waals surface area contributed by atoms with E-state index in [4.69, 9.17) is 9.47 Å². The molecule has 0 aliphatic carbocycles. The maximum atomic E-state index is 13.6. The summed E-state index contributed by atoms with van der Waals surface area (Å²) in [7, 11) is -4.51. The predicted octanol–water partition coefficient (Wildman–Crippen LogP) is 4.78. The molecule has 1 aliphatic heterocycles. The van der Waals surface area contributed by atoms with Gasteiger partial charge in [0.05, 0.1) is 22.7 Å². The molecule has 32 heavy (non-hydrogen) atoms. The lowest BCUT2D eigenvalue weighted by Crippen LogP contribution is -2.38. The molecule has 0 fully saturated rings. The van der Waals surface area contributed by atoms with Gasteiger partial charge in [-0.25, -0.2) is 17.6 Å². The highest BCUT2D eigenvalue weighted by atomic mass is 32.2. The highest BCUT2D eigenvalue weighted by Crippen LogP contribution is 2.39. The van der Waals surface area contributed by atoms with E-state index in [-0.39, 0.29) is 36.3 Å². The smallest absolute Gasteiger partial charge is 0.419 e. The second-order valence-corrected chi connectivity index (χ2v) is 9.74. The Hall–Kier alpha value is -3.02. The molecule has 1 aliphatic rings. The van der Waals surface area contributed by atoms with Crippen molar-refractivity contribution in [1.82, 2.24) is 0 Å². The summed E-state index contributed by atoms with van der Waals surface area (Å²) in [4.78, 5) is 11.3. The summed E-state index contributed by atoms with van der Waals surface area (Å²) >= 11 is 0. The van der Waals surface area contributed by atoms with Gasteiger partial charge in [0.25, 0.3) is 10.0 Å². The number of nitrogens with zero attached hydrogens (tertiary/aromatic N) is 1. The van der Waals surface area contributed by atoms with Gasteiger partial charge in [0, 0.05) is 5.69 Å². The first-order valence-corrected chi connectivity index (χ1v) is 10.8. The van der Waals surface area contributed by atoms with Crippen LogP contribution in [0.25, 0.3) is 0 Å². The van der Waals surface area contributed by atoms with Crippen LogP contribution in [0.1, 0.15) is 26.3 Å². The standard InChI is InChI=1S/C20H20F4N2O5S/c1-19(2,3)31-18(27)25-12-4-7-17-16(10-12)26(8-9-30-17)32(28,29)13-5-6-15(21)14(11-13)20(22,23)24/h4-7,10-11H,8-9H2,1-3H3,(H,25,27). The minimum absolute atomic E-state index is 0.00249. The van der Waals surface area contributed by atoms with E-state index in [9.17, 15) is 30.8 Å². The van der Waals surface area contributed by atoms with Gasteiger partial charge in [0.2, 0.25) is 0 Å². The van der Waals surface area contributed by atoms with Crippen molar-refractivity contribution in [3.63, 3.8) is 0 Å². The average Bonchev–Trinajstić information content (AvgIpc) is 2.65. The fraction of sp³-hybridized carbons (Fsp3) is 0.350. The fourth-order valence-electron chi connectivity index (χ4n) is 2.95. The van der Waals surface area contributed by atoms with Crippen LogP contribution in [0.3, 0.4) is 0 Å². The second kappa shape index (κ2) is 8.15. The van der Waals surface area contributed by atoms with Crippen molar-refractivity contribution in [2.75, 3.05) is 22.8 Å². The van der Waals surface area contributed by atoms with Crippen LogP contribution in [0.4, 0.5) is 33.7 Å². The van der Waals surface area contributed by atoms with Gasteiger partial charge in [-0.3, -0.25) is 9.62 Å². The van der Waals surface area contributed by atoms with Gasteiger partial charge in [-0.15, -0.1) is 0 Å². The first-order chi connectivity index (χ1) is 14.7. The van der Waals surface area contributed by atoms with E-state index in [0.717, 1.165) is 10.4 Å². The summed E-state index contributed by atoms with van der Waals surface area (Å²) in [6.45, 7) is 4.74. The lowest BCUT2D eigenvalue weighted by atomic mass is 10.2. The number of rotatable bonds is 3. The van der Waals surface area contributed by atoms with Gasteiger partial charge in [0.15, 0.2) is 0 Å². The molecule has 0 saturated heterocycles. The highest BCUT2D eigenvalue weighted by Gasteiger charge is 2.37. The van der Waals surface area contributed by atoms with Crippen LogP contribution in [0.5, 0.6) is 5.75 Å². The van der Waals surface area contributed by atoms with E-state index in [1.54, 1.807) is 20.8 Å². The Morgan fingerprint density at radius 2 is 1.81 bits per heavy atom. The van der Waals surface area contributed by atoms with Gasteiger partial charge < -0.3 is 9.47 Å². The minimum atomic E-state index is -5.07. The van der Waals surface area contributed by atoms with Crippen molar-refractivity contribution in [2.45, 2.75) is 37.4 Å². The van der Waals surface area contributed by atoms with E-state index < -0.39 is 44.2 Å². The van der Waals surface area contributed by atoms with E-state index in [1.807, 2.05) is 0 Å². The summed E-state index contributed by atoms with van der Waals surface area (Å²) in [6, 6.07) is 5.64. The maximum Gasteiger partial charge on any atom is 0.419 e. The Morgan fingerprint density at radius 1 is 1.12 bits per heavy atom. The van der Waals surface area contributed by atoms with Crippen molar-refractivity contribution in [2.24, 2.45) is 0 Å². The van der Waals surface area contributed by atoms with Gasteiger partial charge in [-0.2, -0.15) is 13.2 Å². The van der Waals surface area contributed by atoms with Gasteiger partial charge >= 0.3 is 12.3 Å². The number of carbonyl (C=O) groups is 1. The molecule has 0 spiro atoms. The van der Waals surface area contributed by atoms with Crippen LogP contribution in [-0.4, -0.2) is 33.3 Å². The van der Waals surface area contributed by atoms with Crippen LogP contribution in [0.15, 0.2) is 41.3 Å². The van der Waals surface area contributed by atoms with Gasteiger partial charge in [-0.1, -0.05) is 0 Å². The van der Waals surface area contributed by atoms with Crippen molar-refractivity contribution in [3.8, 4) is 5.75 Å². The molecule has 0 atom stereocenters. The summed E-state index contributed by atoms with van der Waals surface area (Å²) in [5, 5.41) is 2.46. The number of alkyl halides is 3. The second-order valence-electron chi connectivity index (χ2n) is 7.87. The quantitative estimate of drug-likeness (QED) is 0.645. The average molecular weight is 476 g/mol. The number of nitrogens with one attached hydrogen (secondary N) is 1. The van der Waals surface area contributed by atoms with Crippen molar-refractivity contribution >= 4 is 27.5 Å². The molecule has 0 aromatic heterocycles. The lowest BCUT2D eigenvalue weighted by Gasteiger charge is -2.31. The van der Waals surface area contributed by atoms with Crippen molar-refractivity contribution < 1.29 is 40.2 Å². The SMILES string of the molecule is CC(C)(C)OC(=O)Nc1ccc2c(c1)N(S(=O)(=O)c1ccc(F)c(C(F)(F)F)c1)CCO2. The molecule has 0 radical (unpaired) electrons. The summed E-state index contributed by atoms with van der Waals surface area (Å²) in [6.07, 6.45) is -5.85. The van der Waals surface area contributed by atoms with Crippen LogP contribution in [-0.2, 0) is 20.9 Å². The van der Waals surface area contributed by atoms with Crippen LogP contribution in [0.2, 0.25) is 0 Å². The molecular weight excluding hydrogens is 456 g/mol. The summed E-state index contributed by atoms with van der Waals surface area (Å²) in [5.41, 5.74) is -2.27. The van der Waals surface area contributed by atoms with Crippen molar-refractivity contribution in [3.05, 3.63) is 47.8 Å². The first kappa shape index (κ1) is 23.6. The third-order valence-electron chi connectivity index (χ3n) is 4.26. The molecular formula is C20H20F4N2O5S. The van der Waals surface area contributed by atoms with E-state index >= 15 is 0 Å². The monoisotopic (exact) mass is 476 g/mol. The molecule has 0 unspecified atom stereocenters. The third-order valence-corrected chi connectivity index (χ3v) is 6.07. The van der Waals surface area contributed by atoms with E-state index in [2.05, 4.69) is 5.32 Å². The Bertz CT molecular complexity index is 1140. The first-order valence-electron chi connectivity index (χ1n) is 9.35. The zero-order valence-electron chi connectivity index (χ0n) is 17.3. The number of benzene rings is 2. The normalized spacial score (nSPS) is 14.4. The number of fused-ring (bicyclic) bond motifs is 1. The Labute approximate surface area is 182 Å². The van der Waals surface area contributed by atoms with Gasteiger partial charge in [0.1, 0.15) is 23.8 Å². The number of sulfonamides is 1. The Balaban J connectivity index is 1.98. The van der Waals surface area contributed by atoms with E-state index in [0.29, 0.717) is 6.07 Å². The predicted molar refractivity (Wildman–Crippen MR) is 108 cm³/mol. The largest absolute Gasteiger partial charge is 0.489 e. The molecule has 3 rings (SSSR count). The maximum absolute atomic E-state index is 13.6. The summed E-state index contributed by atoms with van der Waals surface area (Å²) < 4.78 is 90.5. The Kier molecular flexibility index (Phi) is 6.02. The summed E-state index contributed by atoms with van der Waals surface area (Å²) in [5.74, 6) is -1.43. The minimum Gasteiger partial charge on any atom is -0.489 e. The van der Waals surface area contributed by atoms with Crippen molar-refractivity contribution in [1.29, 1.82) is 0 Å². The topological polar surface area (TPSA) is 84.9 Å². The van der Waals surface area contributed by atoms with Crippen LogP contribution in [0, 0.1) is 5.82 Å². The molecule has 1 heterocycles. The van der Waals surface area contributed by atoms with Gasteiger partial charge in [-0.05, 0) is 57.2 Å². The number of anilines is 2. The number of hydrogen-bond acceptors (Lipinski definition) is 5. The van der Waals surface area contributed by atoms with Crippen LogP contribution < -0.4 is 14.4 Å². The lowest BCUT2D eigenvalue weighted by molar-refractivity contribution is -0.140. The number of ether oxygens (including phenoxy) is 2. The molecule has 1 amide bonds. The molecule has 1 N–H and O–H groups in total. The molecule has 7 nitrogen and oxygen atoms in total. The number of amides is 1. The number of carbonyl (C=O) groups excluding carboxylic acids is 1. The zero-order chi connectivity index (χ0) is 23.9. The van der Waals surface area contributed by atoms with E-state index in [1.165, 1.54) is 18.2 Å². The Morgan fingerprint density at radius 3 is 2.44 bits per heavy atom. The molecule has 0 bridgehead atoms. The molecule has 174 valence electrons. The number of hydrogen-bond donors (Lipinski definition) is 1. The molecule has 0 saturated carbocycles. The number of halogens is 4. The van der Waals surface area contributed by atoms with Crippen LogP contribution >= 0.6 is 0 Å². The zero-order valence-corrected chi connectivity index (χ0v) is 18.1. The molecule has 12 heteroatoms. The third kappa shape index (κ3) is 5.06. The molecule has 2 aromatic carbocycles. The molecule has 2 aromatic rings. The fourth-order valence-corrected chi connectivity index (χ4v) is 4.43. The highest BCUT2D eigenvalue weighted by molar-refractivity contribution is 7.92.